The molecule has 2 amide bonds. The molecule has 282 valence electrons. The molecule has 0 spiro atoms. The smallest absolute Gasteiger partial charge is 0.410 e. The van der Waals surface area contributed by atoms with Crippen LogP contribution in [0, 0.1) is 5.92 Å². The SMILES string of the molecule is C=C(N[C@H](C(=O)N1CCC[C@H]1c1ncc(-c2ccc(-c3ccc4cc(-c5cnc([C@@H]6CCCN6C(=O)OC(C)(C)C)[nH]5)ccc4c3)cc2)[nH]1)C(C)C)OC. The van der Waals surface area contributed by atoms with Crippen molar-refractivity contribution in [1.82, 2.24) is 35.1 Å². The number of methoxy groups -OCH3 is 1. The van der Waals surface area contributed by atoms with Crippen molar-refractivity contribution < 1.29 is 19.1 Å². The summed E-state index contributed by atoms with van der Waals surface area (Å²) < 4.78 is 10.9. The van der Waals surface area contributed by atoms with E-state index in [0.29, 0.717) is 19.0 Å². The zero-order valence-corrected chi connectivity index (χ0v) is 32.1. The second-order valence-corrected chi connectivity index (χ2v) is 15.7. The molecule has 11 nitrogen and oxygen atoms in total. The van der Waals surface area contributed by atoms with E-state index in [2.05, 4.69) is 87.5 Å². The zero-order chi connectivity index (χ0) is 38.1. The van der Waals surface area contributed by atoms with Crippen LogP contribution in [0.4, 0.5) is 4.79 Å². The number of amides is 2. The van der Waals surface area contributed by atoms with Crippen molar-refractivity contribution in [3.63, 3.8) is 0 Å². The zero-order valence-electron chi connectivity index (χ0n) is 32.1. The summed E-state index contributed by atoms with van der Waals surface area (Å²) in [5.41, 5.74) is 5.61. The van der Waals surface area contributed by atoms with Gasteiger partial charge >= 0.3 is 6.09 Å². The summed E-state index contributed by atoms with van der Waals surface area (Å²) in [4.78, 5) is 46.6. The number of nitrogens with zero attached hydrogens (tertiary/aromatic N) is 4. The van der Waals surface area contributed by atoms with Gasteiger partial charge in [-0.1, -0.05) is 62.4 Å². The average Bonchev–Trinajstić information content (AvgIpc) is 3.98. The van der Waals surface area contributed by atoms with Crippen LogP contribution >= 0.6 is 0 Å². The molecule has 0 unspecified atom stereocenters. The molecule has 2 aliphatic heterocycles. The third-order valence-corrected chi connectivity index (χ3v) is 10.4. The molecule has 54 heavy (non-hydrogen) atoms. The van der Waals surface area contributed by atoms with Gasteiger partial charge in [0, 0.05) is 18.7 Å². The number of carbonyl (C=O) groups is 2. The molecule has 11 heteroatoms. The van der Waals surface area contributed by atoms with E-state index in [1.54, 1.807) is 12.0 Å². The van der Waals surface area contributed by atoms with E-state index in [0.717, 1.165) is 81.7 Å². The lowest BCUT2D eigenvalue weighted by molar-refractivity contribution is -0.135. The van der Waals surface area contributed by atoms with Crippen LogP contribution in [0.3, 0.4) is 0 Å². The molecular weight excluding hydrogens is 679 g/mol. The van der Waals surface area contributed by atoms with Crippen molar-refractivity contribution >= 4 is 22.8 Å². The molecule has 3 aromatic carbocycles. The Kier molecular flexibility index (Phi) is 10.2. The van der Waals surface area contributed by atoms with Gasteiger partial charge in [0.2, 0.25) is 5.91 Å². The molecule has 2 aromatic heterocycles. The number of likely N-dealkylation sites (tertiary alicyclic amines) is 2. The maximum Gasteiger partial charge on any atom is 0.410 e. The van der Waals surface area contributed by atoms with Gasteiger partial charge in [0.1, 0.15) is 23.3 Å². The van der Waals surface area contributed by atoms with Gasteiger partial charge in [-0.25, -0.2) is 14.8 Å². The van der Waals surface area contributed by atoms with Crippen molar-refractivity contribution in [2.45, 2.75) is 84.0 Å². The van der Waals surface area contributed by atoms with Crippen molar-refractivity contribution in [3.05, 3.63) is 97.2 Å². The maximum absolute atomic E-state index is 13.6. The lowest BCUT2D eigenvalue weighted by Crippen LogP contribution is -2.48. The Balaban J connectivity index is 1.03. The number of rotatable bonds is 10. The first-order chi connectivity index (χ1) is 25.9. The number of aromatic nitrogens is 4. The number of carbonyl (C=O) groups excluding carboxylic acids is 2. The summed E-state index contributed by atoms with van der Waals surface area (Å²) in [5, 5.41) is 5.42. The van der Waals surface area contributed by atoms with Crippen molar-refractivity contribution in [1.29, 1.82) is 0 Å². The Morgan fingerprint density at radius 1 is 0.796 bits per heavy atom. The van der Waals surface area contributed by atoms with Crippen LogP contribution < -0.4 is 5.32 Å². The first kappa shape index (κ1) is 36.8. The molecule has 2 fully saturated rings. The Bertz CT molecular complexity index is 2140. The third-order valence-electron chi connectivity index (χ3n) is 10.4. The Morgan fingerprint density at radius 3 is 1.91 bits per heavy atom. The topological polar surface area (TPSA) is 128 Å². The molecule has 7 rings (SSSR count). The van der Waals surface area contributed by atoms with Gasteiger partial charge < -0.3 is 29.7 Å². The highest BCUT2D eigenvalue weighted by molar-refractivity contribution is 5.90. The number of hydrogen-bond donors (Lipinski definition) is 3. The molecule has 2 saturated heterocycles. The predicted octanol–water partition coefficient (Wildman–Crippen LogP) is 8.75. The number of hydrogen-bond acceptors (Lipinski definition) is 7. The fraction of sp³-hybridized carbons (Fsp3) is 0.395. The number of aromatic amines is 2. The first-order valence-corrected chi connectivity index (χ1v) is 18.9. The Hall–Kier alpha value is -5.58. The third kappa shape index (κ3) is 7.71. The Morgan fingerprint density at radius 2 is 1.31 bits per heavy atom. The largest absolute Gasteiger partial charge is 0.483 e. The first-order valence-electron chi connectivity index (χ1n) is 18.9. The van der Waals surface area contributed by atoms with E-state index in [9.17, 15) is 9.59 Å². The van der Waals surface area contributed by atoms with Crippen molar-refractivity contribution in [2.24, 2.45) is 5.92 Å². The molecule has 0 radical (unpaired) electrons. The van der Waals surface area contributed by atoms with Crippen molar-refractivity contribution in [2.75, 3.05) is 20.2 Å². The van der Waals surface area contributed by atoms with E-state index in [-0.39, 0.29) is 30.0 Å². The summed E-state index contributed by atoms with van der Waals surface area (Å²) in [6.45, 7) is 14.9. The van der Waals surface area contributed by atoms with Gasteiger partial charge in [-0.2, -0.15) is 0 Å². The molecule has 0 saturated carbocycles. The van der Waals surface area contributed by atoms with E-state index in [1.165, 1.54) is 0 Å². The number of imidazole rings is 2. The normalized spacial score (nSPS) is 18.0. The van der Waals surface area contributed by atoms with Crippen LogP contribution in [0.1, 0.15) is 84.0 Å². The van der Waals surface area contributed by atoms with Crippen LogP contribution in [-0.2, 0) is 14.3 Å². The van der Waals surface area contributed by atoms with Gasteiger partial charge in [-0.3, -0.25) is 9.69 Å². The van der Waals surface area contributed by atoms with Gasteiger partial charge in [-0.15, -0.1) is 0 Å². The maximum atomic E-state index is 13.6. The van der Waals surface area contributed by atoms with Crippen LogP contribution in [0.5, 0.6) is 0 Å². The van der Waals surface area contributed by atoms with E-state index < -0.39 is 11.6 Å². The molecule has 0 bridgehead atoms. The standard InChI is InChI=1S/C43H51N7O4/c1-26(2)38(46-27(3)53-7)41(51)49-20-8-10-36(49)39-44-24-34(47-39)29-14-12-28(13-15-29)30-16-17-32-23-33(19-18-31(32)22-30)35-25-45-40(48-35)37-11-9-21-50(37)42(52)54-43(4,5)6/h12-19,22-26,36-38,46H,3,8-11,20-21H2,1-2,4-7H3,(H,44,47)(H,45,48)/t36-,37-,38-/m0/s1. The fourth-order valence-corrected chi connectivity index (χ4v) is 7.57. The molecular formula is C43H51N7O4. The quantitative estimate of drug-likeness (QED) is 0.123. The van der Waals surface area contributed by atoms with E-state index >= 15 is 0 Å². The molecule has 2 aliphatic rings. The highest BCUT2D eigenvalue weighted by Crippen LogP contribution is 2.36. The van der Waals surface area contributed by atoms with Gasteiger partial charge in [-0.05, 0) is 98.5 Å². The average molecular weight is 730 g/mol. The summed E-state index contributed by atoms with van der Waals surface area (Å²) in [7, 11) is 1.55. The van der Waals surface area contributed by atoms with Crippen LogP contribution in [0.15, 0.2) is 85.5 Å². The highest BCUT2D eigenvalue weighted by Gasteiger charge is 2.37. The number of fused-ring (bicyclic) bond motifs is 1. The summed E-state index contributed by atoms with van der Waals surface area (Å²) in [6, 6.07) is 20.8. The van der Waals surface area contributed by atoms with E-state index in [1.807, 2.05) is 51.9 Å². The lowest BCUT2D eigenvalue weighted by atomic mass is 9.98. The van der Waals surface area contributed by atoms with Crippen LogP contribution in [0.2, 0.25) is 0 Å². The number of ether oxygens (including phenoxy) is 2. The van der Waals surface area contributed by atoms with Gasteiger partial charge in [0.25, 0.3) is 0 Å². The molecule has 0 aliphatic carbocycles. The Labute approximate surface area is 317 Å². The molecule has 5 aromatic rings. The minimum atomic E-state index is -0.544. The monoisotopic (exact) mass is 729 g/mol. The number of benzene rings is 3. The van der Waals surface area contributed by atoms with E-state index in [4.69, 9.17) is 14.5 Å². The predicted molar refractivity (Wildman–Crippen MR) is 211 cm³/mol. The highest BCUT2D eigenvalue weighted by atomic mass is 16.6. The summed E-state index contributed by atoms with van der Waals surface area (Å²) >= 11 is 0. The molecule has 3 atom stereocenters. The van der Waals surface area contributed by atoms with Gasteiger partial charge in [0.15, 0.2) is 5.88 Å². The minimum absolute atomic E-state index is 0.0302. The molecule has 3 N–H and O–H groups in total. The second-order valence-electron chi connectivity index (χ2n) is 15.7. The van der Waals surface area contributed by atoms with Crippen molar-refractivity contribution in [3.8, 4) is 33.6 Å². The summed E-state index contributed by atoms with van der Waals surface area (Å²) in [6.07, 6.45) is 6.96. The van der Waals surface area contributed by atoms with Crippen LogP contribution in [0.25, 0.3) is 44.4 Å². The fourth-order valence-electron chi connectivity index (χ4n) is 7.57. The molecule has 4 heterocycles. The van der Waals surface area contributed by atoms with Crippen LogP contribution in [-0.4, -0.2) is 73.6 Å². The number of H-pyrrole nitrogens is 2. The van der Waals surface area contributed by atoms with Gasteiger partial charge in [0.05, 0.1) is 43.0 Å². The minimum Gasteiger partial charge on any atom is -0.483 e. The number of nitrogens with one attached hydrogen (secondary N) is 3. The summed E-state index contributed by atoms with van der Waals surface area (Å²) in [5.74, 6) is 2.06. The second kappa shape index (κ2) is 15.0. The lowest BCUT2D eigenvalue weighted by Gasteiger charge is -2.31.